The Morgan fingerprint density at radius 2 is 1.84 bits per heavy atom. The van der Waals surface area contributed by atoms with Crippen LogP contribution in [0.15, 0.2) is 30.3 Å². The maximum absolute atomic E-state index is 13.0. The molecule has 100 valence electrons. The number of hydrogen-bond donors (Lipinski definition) is 1. The van der Waals surface area contributed by atoms with Gasteiger partial charge in [0, 0.05) is 36.5 Å². The van der Waals surface area contributed by atoms with Gasteiger partial charge >= 0.3 is 0 Å². The normalized spacial score (nSPS) is 10.5. The zero-order valence-corrected chi connectivity index (χ0v) is 10.7. The topological polar surface area (TPSA) is 34.1 Å². The number of rotatable bonds is 4. The molecule has 0 saturated heterocycles. The Kier molecular flexibility index (Phi) is 4.06. The Hall–Kier alpha value is -2.01. The summed E-state index contributed by atoms with van der Waals surface area (Å²) in [6.45, 7) is 2.55. The molecule has 0 bridgehead atoms. The first-order valence-electron chi connectivity index (χ1n) is 5.83. The van der Waals surface area contributed by atoms with Crippen molar-refractivity contribution >= 4 is 0 Å². The summed E-state index contributed by atoms with van der Waals surface area (Å²) in [5.74, 6) is -0.967. The smallest absolute Gasteiger partial charge is 0.219 e. The van der Waals surface area contributed by atoms with Gasteiger partial charge in [0.25, 0.3) is 0 Å². The summed E-state index contributed by atoms with van der Waals surface area (Å²) >= 11 is 0. The summed E-state index contributed by atoms with van der Waals surface area (Å²) in [5.41, 5.74) is 1.85. The van der Waals surface area contributed by atoms with Gasteiger partial charge in [0.15, 0.2) is 0 Å². The van der Waals surface area contributed by atoms with E-state index in [0.717, 1.165) is 29.5 Å². The van der Waals surface area contributed by atoms with Crippen molar-refractivity contribution in [2.45, 2.75) is 13.5 Å². The van der Waals surface area contributed by atoms with E-state index < -0.39 is 11.6 Å². The van der Waals surface area contributed by atoms with Crippen LogP contribution in [-0.2, 0) is 6.54 Å². The minimum atomic E-state index is -0.682. The molecule has 5 heteroatoms. The van der Waals surface area contributed by atoms with Gasteiger partial charge in [-0.25, -0.2) is 13.8 Å². The summed E-state index contributed by atoms with van der Waals surface area (Å²) in [5, 5.41) is 3.03. The van der Waals surface area contributed by atoms with Gasteiger partial charge in [-0.1, -0.05) is 6.07 Å². The average Bonchev–Trinajstić information content (AvgIpc) is 2.31. The third-order valence-corrected chi connectivity index (χ3v) is 2.60. The molecule has 1 N–H and O–H groups in total. The molecule has 2 aromatic rings. The van der Waals surface area contributed by atoms with Crippen molar-refractivity contribution in [3.05, 3.63) is 53.2 Å². The highest BCUT2D eigenvalue weighted by Gasteiger charge is 2.06. The van der Waals surface area contributed by atoms with Gasteiger partial charge in [0.05, 0.1) is 0 Å². The van der Waals surface area contributed by atoms with Gasteiger partial charge in [-0.15, -0.1) is 0 Å². The molecular weight excluding hydrogens is 250 g/mol. The van der Waals surface area contributed by atoms with E-state index in [9.17, 15) is 8.78 Å². The largest absolute Gasteiger partial charge is 0.439 e. The quantitative estimate of drug-likeness (QED) is 0.921. The van der Waals surface area contributed by atoms with Crippen molar-refractivity contribution in [1.29, 1.82) is 0 Å². The minimum Gasteiger partial charge on any atom is -0.439 e. The molecule has 0 aliphatic rings. The third kappa shape index (κ3) is 3.48. The molecular formula is C14H14F2N2O. The molecule has 1 aromatic heterocycles. The molecule has 0 saturated carbocycles. The lowest BCUT2D eigenvalue weighted by molar-refractivity contribution is 0.449. The van der Waals surface area contributed by atoms with E-state index >= 15 is 0 Å². The lowest BCUT2D eigenvalue weighted by Crippen LogP contribution is -2.07. The fraction of sp³-hybridized carbons (Fsp3) is 0.214. The van der Waals surface area contributed by atoms with Crippen LogP contribution in [0.4, 0.5) is 8.78 Å². The molecule has 19 heavy (non-hydrogen) atoms. The van der Waals surface area contributed by atoms with Crippen LogP contribution in [0.5, 0.6) is 11.6 Å². The Labute approximate surface area is 110 Å². The van der Waals surface area contributed by atoms with E-state index in [0.29, 0.717) is 12.4 Å². The average molecular weight is 264 g/mol. The molecule has 2 rings (SSSR count). The van der Waals surface area contributed by atoms with Crippen LogP contribution in [0, 0.1) is 18.6 Å². The van der Waals surface area contributed by atoms with Gasteiger partial charge in [0.1, 0.15) is 17.4 Å². The number of nitrogens with zero attached hydrogens (tertiary/aromatic N) is 1. The summed E-state index contributed by atoms with van der Waals surface area (Å²) in [6.07, 6.45) is 0. The predicted octanol–water partition coefficient (Wildman–Crippen LogP) is 3.18. The molecule has 1 aromatic carbocycles. The number of benzene rings is 1. The molecule has 0 aliphatic heterocycles. The number of aromatic nitrogens is 1. The molecule has 0 fully saturated rings. The van der Waals surface area contributed by atoms with Crippen LogP contribution in [0.25, 0.3) is 0 Å². The number of ether oxygens (including phenoxy) is 1. The maximum atomic E-state index is 13.0. The fourth-order valence-electron chi connectivity index (χ4n) is 1.71. The third-order valence-electron chi connectivity index (χ3n) is 2.60. The standard InChI is InChI=1S/C14H14F2N2O/c1-9-10(8-17-2)3-4-14(18-9)19-13-6-11(15)5-12(16)7-13/h3-7,17H,8H2,1-2H3. The van der Waals surface area contributed by atoms with Crippen LogP contribution >= 0.6 is 0 Å². The molecule has 0 amide bonds. The second-order valence-electron chi connectivity index (χ2n) is 4.13. The molecule has 0 atom stereocenters. The molecule has 3 nitrogen and oxygen atoms in total. The van der Waals surface area contributed by atoms with Crippen LogP contribution in [-0.4, -0.2) is 12.0 Å². The van der Waals surface area contributed by atoms with E-state index in [2.05, 4.69) is 10.3 Å². The SMILES string of the molecule is CNCc1ccc(Oc2cc(F)cc(F)c2)nc1C. The highest BCUT2D eigenvalue weighted by atomic mass is 19.1. The number of halogens is 2. The summed E-state index contributed by atoms with van der Waals surface area (Å²) in [4.78, 5) is 4.24. The first-order valence-corrected chi connectivity index (χ1v) is 5.83. The van der Waals surface area contributed by atoms with E-state index in [1.807, 2.05) is 20.0 Å². The molecule has 0 aliphatic carbocycles. The van der Waals surface area contributed by atoms with Crippen molar-refractivity contribution in [2.24, 2.45) is 0 Å². The molecule has 0 unspecified atom stereocenters. The predicted molar refractivity (Wildman–Crippen MR) is 68.2 cm³/mol. The lowest BCUT2D eigenvalue weighted by Gasteiger charge is -2.08. The van der Waals surface area contributed by atoms with Gasteiger partial charge in [-0.2, -0.15) is 0 Å². The Morgan fingerprint density at radius 1 is 1.16 bits per heavy atom. The van der Waals surface area contributed by atoms with Crippen molar-refractivity contribution in [1.82, 2.24) is 10.3 Å². The fourth-order valence-corrected chi connectivity index (χ4v) is 1.71. The van der Waals surface area contributed by atoms with Crippen LogP contribution < -0.4 is 10.1 Å². The Morgan fingerprint density at radius 3 is 2.42 bits per heavy atom. The van der Waals surface area contributed by atoms with Crippen molar-refractivity contribution < 1.29 is 13.5 Å². The van der Waals surface area contributed by atoms with Crippen LogP contribution in [0.2, 0.25) is 0 Å². The van der Waals surface area contributed by atoms with Crippen LogP contribution in [0.1, 0.15) is 11.3 Å². The Bertz CT molecular complexity index is 567. The zero-order valence-electron chi connectivity index (χ0n) is 10.7. The van der Waals surface area contributed by atoms with Crippen molar-refractivity contribution in [3.8, 4) is 11.6 Å². The molecule has 0 radical (unpaired) electrons. The van der Waals surface area contributed by atoms with E-state index in [1.54, 1.807) is 6.07 Å². The van der Waals surface area contributed by atoms with Gasteiger partial charge < -0.3 is 10.1 Å². The zero-order chi connectivity index (χ0) is 13.8. The number of nitrogens with one attached hydrogen (secondary N) is 1. The Balaban J connectivity index is 2.21. The lowest BCUT2D eigenvalue weighted by atomic mass is 10.2. The van der Waals surface area contributed by atoms with E-state index in [1.165, 1.54) is 0 Å². The number of hydrogen-bond acceptors (Lipinski definition) is 3. The second kappa shape index (κ2) is 5.75. The highest BCUT2D eigenvalue weighted by molar-refractivity contribution is 5.31. The number of aryl methyl sites for hydroxylation is 1. The van der Waals surface area contributed by atoms with Gasteiger partial charge in [0.2, 0.25) is 5.88 Å². The van der Waals surface area contributed by atoms with E-state index in [4.69, 9.17) is 4.74 Å². The van der Waals surface area contributed by atoms with Crippen molar-refractivity contribution in [2.75, 3.05) is 7.05 Å². The molecule has 0 spiro atoms. The minimum absolute atomic E-state index is 0.0887. The second-order valence-corrected chi connectivity index (χ2v) is 4.13. The van der Waals surface area contributed by atoms with E-state index in [-0.39, 0.29) is 5.75 Å². The summed E-state index contributed by atoms with van der Waals surface area (Å²) < 4.78 is 31.4. The highest BCUT2D eigenvalue weighted by Crippen LogP contribution is 2.22. The number of pyridine rings is 1. The summed E-state index contributed by atoms with van der Waals surface area (Å²) in [7, 11) is 1.85. The molecule has 1 heterocycles. The first-order chi connectivity index (χ1) is 9.08. The van der Waals surface area contributed by atoms with Gasteiger partial charge in [-0.05, 0) is 19.5 Å². The van der Waals surface area contributed by atoms with Gasteiger partial charge in [-0.3, -0.25) is 0 Å². The van der Waals surface area contributed by atoms with Crippen molar-refractivity contribution in [3.63, 3.8) is 0 Å². The maximum Gasteiger partial charge on any atom is 0.219 e. The monoisotopic (exact) mass is 264 g/mol. The first kappa shape index (κ1) is 13.4. The van der Waals surface area contributed by atoms with Crippen LogP contribution in [0.3, 0.4) is 0 Å². The summed E-state index contributed by atoms with van der Waals surface area (Å²) in [6, 6.07) is 6.55.